The van der Waals surface area contributed by atoms with Crippen molar-refractivity contribution in [3.05, 3.63) is 54.6 Å². The molecule has 0 unspecified atom stereocenters. The summed E-state index contributed by atoms with van der Waals surface area (Å²) >= 11 is 0. The van der Waals surface area contributed by atoms with Gasteiger partial charge in [0.25, 0.3) is 0 Å². The van der Waals surface area contributed by atoms with Gasteiger partial charge in [-0.2, -0.15) is 0 Å². The van der Waals surface area contributed by atoms with Crippen molar-refractivity contribution in [2.45, 2.75) is 32.6 Å². The lowest BCUT2D eigenvalue weighted by Crippen LogP contribution is -2.03. The van der Waals surface area contributed by atoms with Crippen LogP contribution in [0.3, 0.4) is 0 Å². The maximum Gasteiger partial charge on any atom is 0.333 e. The molecule has 0 aromatic heterocycles. The number of methoxy groups -OCH3 is 1. The summed E-state index contributed by atoms with van der Waals surface area (Å²) < 4.78 is 4.50. The van der Waals surface area contributed by atoms with Crippen LogP contribution in [0.2, 0.25) is 0 Å². The molecule has 0 atom stereocenters. The highest BCUT2D eigenvalue weighted by Gasteiger charge is 2.04. The van der Waals surface area contributed by atoms with Gasteiger partial charge < -0.3 is 4.74 Å². The Morgan fingerprint density at radius 1 is 1.26 bits per heavy atom. The lowest BCUT2D eigenvalue weighted by atomic mass is 10.1. The minimum absolute atomic E-state index is 0.277. The molecule has 0 radical (unpaired) electrons. The van der Waals surface area contributed by atoms with Crippen molar-refractivity contribution in [1.82, 2.24) is 0 Å². The Kier molecular flexibility index (Phi) is 10.2. The van der Waals surface area contributed by atoms with E-state index < -0.39 is 0 Å². The summed E-state index contributed by atoms with van der Waals surface area (Å²) in [7, 11) is 1.38. The Hall–Kier alpha value is -1.83. The second kappa shape index (κ2) is 11.3. The van der Waals surface area contributed by atoms with Gasteiger partial charge in [0.05, 0.1) is 7.11 Å². The molecule has 0 saturated carbocycles. The summed E-state index contributed by atoms with van der Waals surface area (Å²) in [5, 5.41) is 0. The summed E-state index contributed by atoms with van der Waals surface area (Å²) in [6, 6.07) is 10.0. The maximum absolute atomic E-state index is 10.8. The first-order chi connectivity index (χ1) is 9.15. The normalized spacial score (nSPS) is 8.95. The number of carbonyl (C=O) groups is 1. The summed E-state index contributed by atoms with van der Waals surface area (Å²) in [6.45, 7) is 9.38. The number of hydrogen-bond acceptors (Lipinski definition) is 2. The monoisotopic (exact) mass is 260 g/mol. The zero-order valence-corrected chi connectivity index (χ0v) is 12.0. The van der Waals surface area contributed by atoms with E-state index in [1.807, 2.05) is 36.4 Å². The van der Waals surface area contributed by atoms with Gasteiger partial charge in [0.15, 0.2) is 0 Å². The molecule has 1 aromatic rings. The summed E-state index contributed by atoms with van der Waals surface area (Å²) in [5.41, 5.74) is 1.76. The third-order valence-corrected chi connectivity index (χ3v) is 2.59. The second-order valence-corrected chi connectivity index (χ2v) is 4.17. The number of carbonyl (C=O) groups excluding carboxylic acids is 1. The van der Waals surface area contributed by atoms with E-state index in [4.69, 9.17) is 0 Å². The van der Waals surface area contributed by atoms with Crippen molar-refractivity contribution in [3.63, 3.8) is 0 Å². The lowest BCUT2D eigenvalue weighted by Gasteiger charge is -2.01. The van der Waals surface area contributed by atoms with Crippen LogP contribution < -0.4 is 0 Å². The topological polar surface area (TPSA) is 26.3 Å². The predicted octanol–water partition coefficient (Wildman–Crippen LogP) is 4.63. The Morgan fingerprint density at radius 2 is 1.89 bits per heavy atom. The first-order valence-electron chi connectivity index (χ1n) is 6.59. The quantitative estimate of drug-likeness (QED) is 0.423. The van der Waals surface area contributed by atoms with Gasteiger partial charge in [0.2, 0.25) is 0 Å². The van der Waals surface area contributed by atoms with Crippen molar-refractivity contribution < 1.29 is 9.53 Å². The molecule has 0 fully saturated rings. The first kappa shape index (κ1) is 17.2. The standard InChI is InChI=1S/C9H16O2.C8H8/c1-4-5-6-7-8(2)9(10)11-3;1-2-8-6-4-3-5-7-8/h2,4-7H2,1,3H3;2-7H,1H2. The second-order valence-electron chi connectivity index (χ2n) is 4.17. The Bertz CT molecular complexity index is 380. The molecule has 2 heteroatoms. The molecule has 2 nitrogen and oxygen atoms in total. The van der Waals surface area contributed by atoms with Crippen LogP contribution >= 0.6 is 0 Å². The van der Waals surface area contributed by atoms with Crippen molar-refractivity contribution in [2.24, 2.45) is 0 Å². The zero-order chi connectivity index (χ0) is 14.5. The van der Waals surface area contributed by atoms with Gasteiger partial charge in [-0.1, -0.05) is 69.3 Å². The third kappa shape index (κ3) is 8.83. The van der Waals surface area contributed by atoms with Crippen molar-refractivity contribution in [2.75, 3.05) is 7.11 Å². The van der Waals surface area contributed by atoms with Gasteiger partial charge in [-0.25, -0.2) is 4.79 Å². The molecule has 0 saturated heterocycles. The first-order valence-corrected chi connectivity index (χ1v) is 6.59. The van der Waals surface area contributed by atoms with Crippen LogP contribution in [0.15, 0.2) is 49.1 Å². The van der Waals surface area contributed by atoms with E-state index in [-0.39, 0.29) is 5.97 Å². The lowest BCUT2D eigenvalue weighted by molar-refractivity contribution is -0.136. The molecule has 104 valence electrons. The fourth-order valence-corrected chi connectivity index (χ4v) is 1.42. The number of benzene rings is 1. The van der Waals surface area contributed by atoms with E-state index in [1.165, 1.54) is 12.7 Å². The molecule has 1 rings (SSSR count). The van der Waals surface area contributed by atoms with Crippen LogP contribution in [0.25, 0.3) is 6.08 Å². The third-order valence-electron chi connectivity index (χ3n) is 2.59. The smallest absolute Gasteiger partial charge is 0.333 e. The Balaban J connectivity index is 0.000000356. The van der Waals surface area contributed by atoms with Crippen LogP contribution in [0.1, 0.15) is 38.2 Å². The maximum atomic E-state index is 10.8. The Labute approximate surface area is 116 Å². The fraction of sp³-hybridized carbons (Fsp3) is 0.353. The molecular weight excluding hydrogens is 236 g/mol. The van der Waals surface area contributed by atoms with Crippen LogP contribution in [0, 0.1) is 0 Å². The molecule has 0 aliphatic rings. The average molecular weight is 260 g/mol. The Morgan fingerprint density at radius 3 is 2.32 bits per heavy atom. The van der Waals surface area contributed by atoms with E-state index >= 15 is 0 Å². The van der Waals surface area contributed by atoms with Crippen LogP contribution in [0.5, 0.6) is 0 Å². The molecule has 0 heterocycles. The number of unbranched alkanes of at least 4 members (excludes halogenated alkanes) is 2. The van der Waals surface area contributed by atoms with Crippen LogP contribution in [-0.2, 0) is 9.53 Å². The van der Waals surface area contributed by atoms with E-state index in [2.05, 4.69) is 24.8 Å². The SMILES string of the molecule is C=C(CCCCC)C(=O)OC.C=Cc1ccccc1. The van der Waals surface area contributed by atoms with Gasteiger partial charge in [0, 0.05) is 5.57 Å². The molecule has 0 aliphatic carbocycles. The highest BCUT2D eigenvalue weighted by Crippen LogP contribution is 2.07. The largest absolute Gasteiger partial charge is 0.466 e. The van der Waals surface area contributed by atoms with Gasteiger partial charge in [-0.05, 0) is 18.4 Å². The molecule has 1 aromatic carbocycles. The summed E-state index contributed by atoms with van der Waals surface area (Å²) in [6.07, 6.45) is 5.94. The van der Waals surface area contributed by atoms with E-state index in [9.17, 15) is 4.79 Å². The highest BCUT2D eigenvalue weighted by atomic mass is 16.5. The molecule has 19 heavy (non-hydrogen) atoms. The fourth-order valence-electron chi connectivity index (χ4n) is 1.42. The average Bonchev–Trinajstić information content (AvgIpc) is 2.48. The van der Waals surface area contributed by atoms with Crippen molar-refractivity contribution in [1.29, 1.82) is 0 Å². The molecular formula is C17H24O2. The molecule has 0 bridgehead atoms. The summed E-state index contributed by atoms with van der Waals surface area (Å²) in [5.74, 6) is -0.277. The van der Waals surface area contributed by atoms with Gasteiger partial charge in [-0.15, -0.1) is 0 Å². The van der Waals surface area contributed by atoms with E-state index in [1.54, 1.807) is 0 Å². The van der Waals surface area contributed by atoms with Crippen LogP contribution in [0.4, 0.5) is 0 Å². The van der Waals surface area contributed by atoms with Crippen molar-refractivity contribution >= 4 is 12.0 Å². The number of rotatable bonds is 6. The minimum Gasteiger partial charge on any atom is -0.466 e. The van der Waals surface area contributed by atoms with Gasteiger partial charge in [0.1, 0.15) is 0 Å². The number of ether oxygens (including phenoxy) is 1. The van der Waals surface area contributed by atoms with Gasteiger partial charge in [-0.3, -0.25) is 0 Å². The number of esters is 1. The van der Waals surface area contributed by atoms with Crippen LogP contribution in [-0.4, -0.2) is 13.1 Å². The van der Waals surface area contributed by atoms with Crippen molar-refractivity contribution in [3.8, 4) is 0 Å². The zero-order valence-electron chi connectivity index (χ0n) is 12.0. The summed E-state index contributed by atoms with van der Waals surface area (Å²) in [4.78, 5) is 10.8. The molecule has 0 aliphatic heterocycles. The minimum atomic E-state index is -0.277. The highest BCUT2D eigenvalue weighted by molar-refractivity contribution is 5.87. The molecule has 0 spiro atoms. The van der Waals surface area contributed by atoms with E-state index in [0.29, 0.717) is 5.57 Å². The van der Waals surface area contributed by atoms with E-state index in [0.717, 1.165) is 25.7 Å². The molecule has 0 amide bonds. The molecule has 0 N–H and O–H groups in total. The van der Waals surface area contributed by atoms with Gasteiger partial charge >= 0.3 is 5.97 Å². The number of hydrogen-bond donors (Lipinski definition) is 0. The predicted molar refractivity (Wildman–Crippen MR) is 81.8 cm³/mol.